The van der Waals surface area contributed by atoms with Crippen LogP contribution in [0.1, 0.15) is 10.4 Å². The second-order valence-electron chi connectivity index (χ2n) is 5.80. The van der Waals surface area contributed by atoms with Crippen LogP contribution in [-0.2, 0) is 7.05 Å². The molecule has 4 rings (SSSR count). The van der Waals surface area contributed by atoms with Gasteiger partial charge in [-0.15, -0.1) is 5.10 Å². The lowest BCUT2D eigenvalue weighted by molar-refractivity contribution is 0.102. The topological polar surface area (TPSA) is 86.9 Å². The third kappa shape index (κ3) is 2.77. The summed E-state index contributed by atoms with van der Waals surface area (Å²) in [6, 6.07) is 12.9. The quantitative estimate of drug-likeness (QED) is 0.612. The maximum Gasteiger partial charge on any atom is 0.255 e. The molecule has 2 aromatic heterocycles. The van der Waals surface area contributed by atoms with Gasteiger partial charge in [0, 0.05) is 30.0 Å². The highest BCUT2D eigenvalue weighted by molar-refractivity contribution is 6.05. The van der Waals surface area contributed by atoms with Crippen LogP contribution in [-0.4, -0.2) is 37.8 Å². The minimum atomic E-state index is -0.226. The minimum Gasteiger partial charge on any atom is -0.494 e. The van der Waals surface area contributed by atoms with Gasteiger partial charge in [0.05, 0.1) is 7.11 Å². The Kier molecular flexibility index (Phi) is 3.85. The second kappa shape index (κ2) is 6.32. The van der Waals surface area contributed by atoms with Crippen LogP contribution in [0.15, 0.2) is 55.0 Å². The molecule has 0 aliphatic heterocycles. The molecule has 2 heterocycles. The Hall–Kier alpha value is -3.68. The zero-order valence-corrected chi connectivity index (χ0v) is 14.2. The predicted molar refractivity (Wildman–Crippen MR) is 96.6 cm³/mol. The first-order valence-corrected chi connectivity index (χ1v) is 7.93. The number of methoxy groups -OCH3 is 1. The molecular formula is C18H16N6O2. The Bertz CT molecular complexity index is 1080. The van der Waals surface area contributed by atoms with Gasteiger partial charge in [-0.05, 0) is 52.2 Å². The van der Waals surface area contributed by atoms with Crippen LogP contribution in [0.4, 0.5) is 5.69 Å². The van der Waals surface area contributed by atoms with Crippen molar-refractivity contribution in [2.75, 3.05) is 12.4 Å². The molecule has 0 aliphatic rings. The summed E-state index contributed by atoms with van der Waals surface area (Å²) in [5.74, 6) is 0.342. The van der Waals surface area contributed by atoms with Crippen LogP contribution in [0.2, 0.25) is 0 Å². The first kappa shape index (κ1) is 15.8. The van der Waals surface area contributed by atoms with Crippen molar-refractivity contribution >= 4 is 22.5 Å². The summed E-state index contributed by atoms with van der Waals surface area (Å²) in [6.07, 6.45) is 3.43. The van der Waals surface area contributed by atoms with E-state index in [-0.39, 0.29) is 5.91 Å². The van der Waals surface area contributed by atoms with Gasteiger partial charge in [-0.1, -0.05) is 6.07 Å². The number of carbonyl (C=O) groups is 1. The number of nitrogens with one attached hydrogen (secondary N) is 1. The Morgan fingerprint density at radius 1 is 1.15 bits per heavy atom. The van der Waals surface area contributed by atoms with E-state index in [1.165, 1.54) is 11.0 Å². The van der Waals surface area contributed by atoms with E-state index >= 15 is 0 Å². The summed E-state index contributed by atoms with van der Waals surface area (Å²) < 4.78 is 8.78. The number of aryl methyl sites for hydroxylation is 1. The van der Waals surface area contributed by atoms with E-state index in [0.717, 1.165) is 16.6 Å². The molecule has 8 nitrogen and oxygen atoms in total. The number of benzene rings is 2. The zero-order chi connectivity index (χ0) is 18.1. The van der Waals surface area contributed by atoms with E-state index in [1.807, 2.05) is 42.1 Å². The summed E-state index contributed by atoms with van der Waals surface area (Å²) in [5, 5.41) is 15.1. The molecule has 0 atom stereocenters. The first-order valence-electron chi connectivity index (χ1n) is 7.93. The second-order valence-corrected chi connectivity index (χ2v) is 5.80. The van der Waals surface area contributed by atoms with E-state index in [4.69, 9.17) is 4.74 Å². The number of amides is 1. The predicted octanol–water partition coefficient (Wildman–Crippen LogP) is 2.41. The molecule has 0 saturated heterocycles. The van der Waals surface area contributed by atoms with Gasteiger partial charge in [0.25, 0.3) is 5.91 Å². The van der Waals surface area contributed by atoms with Crippen molar-refractivity contribution < 1.29 is 9.53 Å². The van der Waals surface area contributed by atoms with Crippen molar-refractivity contribution in [2.45, 2.75) is 0 Å². The summed E-state index contributed by atoms with van der Waals surface area (Å²) in [5.41, 5.74) is 2.84. The Morgan fingerprint density at radius 3 is 2.81 bits per heavy atom. The number of nitrogens with zero attached hydrogens (tertiary/aromatic N) is 5. The van der Waals surface area contributed by atoms with Crippen LogP contribution in [0.3, 0.4) is 0 Å². The van der Waals surface area contributed by atoms with E-state index in [2.05, 4.69) is 20.8 Å². The lowest BCUT2D eigenvalue weighted by Crippen LogP contribution is -2.13. The van der Waals surface area contributed by atoms with Gasteiger partial charge < -0.3 is 14.6 Å². The SMILES string of the molecule is COc1ccc(C(=O)Nc2ccc3ccn(C)c3c2)cc1-n1cnnn1. The minimum absolute atomic E-state index is 0.226. The molecule has 8 heteroatoms. The Morgan fingerprint density at radius 2 is 2.04 bits per heavy atom. The Labute approximate surface area is 149 Å². The molecule has 0 radical (unpaired) electrons. The summed E-state index contributed by atoms with van der Waals surface area (Å²) in [7, 11) is 3.52. The number of fused-ring (bicyclic) bond motifs is 1. The van der Waals surface area contributed by atoms with E-state index in [1.54, 1.807) is 25.3 Å². The van der Waals surface area contributed by atoms with Crippen LogP contribution in [0.5, 0.6) is 5.75 Å². The maximum atomic E-state index is 12.7. The largest absolute Gasteiger partial charge is 0.494 e. The molecule has 1 N–H and O–H groups in total. The molecule has 26 heavy (non-hydrogen) atoms. The molecule has 0 spiro atoms. The van der Waals surface area contributed by atoms with Gasteiger partial charge in [-0.25, -0.2) is 0 Å². The molecule has 0 fully saturated rings. The number of rotatable bonds is 4. The average molecular weight is 348 g/mol. The van der Waals surface area contributed by atoms with E-state index in [9.17, 15) is 4.79 Å². The molecule has 130 valence electrons. The number of ether oxygens (including phenoxy) is 1. The normalized spacial score (nSPS) is 10.8. The highest BCUT2D eigenvalue weighted by Crippen LogP contribution is 2.24. The third-order valence-corrected chi connectivity index (χ3v) is 4.18. The summed E-state index contributed by atoms with van der Waals surface area (Å²) in [4.78, 5) is 12.7. The maximum absolute atomic E-state index is 12.7. The van der Waals surface area contributed by atoms with Crippen molar-refractivity contribution in [1.29, 1.82) is 0 Å². The van der Waals surface area contributed by atoms with Gasteiger partial charge >= 0.3 is 0 Å². The molecule has 0 unspecified atom stereocenters. The highest BCUT2D eigenvalue weighted by atomic mass is 16.5. The Balaban J connectivity index is 1.65. The highest BCUT2D eigenvalue weighted by Gasteiger charge is 2.13. The molecule has 1 amide bonds. The fourth-order valence-corrected chi connectivity index (χ4v) is 2.83. The molecule has 0 bridgehead atoms. The zero-order valence-electron chi connectivity index (χ0n) is 14.2. The number of anilines is 1. The fourth-order valence-electron chi connectivity index (χ4n) is 2.83. The van der Waals surface area contributed by atoms with Gasteiger partial charge in [0.1, 0.15) is 17.8 Å². The van der Waals surface area contributed by atoms with Gasteiger partial charge in [0.2, 0.25) is 0 Å². The monoisotopic (exact) mass is 348 g/mol. The summed E-state index contributed by atoms with van der Waals surface area (Å²) >= 11 is 0. The molecule has 2 aromatic carbocycles. The van der Waals surface area contributed by atoms with Crippen molar-refractivity contribution in [3.05, 3.63) is 60.6 Å². The number of aromatic nitrogens is 5. The molecule has 0 saturated carbocycles. The van der Waals surface area contributed by atoms with Crippen LogP contribution in [0, 0.1) is 0 Å². The fraction of sp³-hybridized carbons (Fsp3) is 0.111. The lowest BCUT2D eigenvalue weighted by atomic mass is 10.1. The smallest absolute Gasteiger partial charge is 0.255 e. The molecule has 0 aliphatic carbocycles. The summed E-state index contributed by atoms with van der Waals surface area (Å²) in [6.45, 7) is 0. The lowest BCUT2D eigenvalue weighted by Gasteiger charge is -2.10. The standard InChI is InChI=1S/C18H16N6O2/c1-23-8-7-12-3-5-14(10-15(12)23)20-18(25)13-4-6-17(26-2)16(9-13)24-11-19-21-22-24/h3-11H,1-2H3,(H,20,25). The number of hydrogen-bond acceptors (Lipinski definition) is 5. The van der Waals surface area contributed by atoms with E-state index in [0.29, 0.717) is 17.0 Å². The van der Waals surface area contributed by atoms with Crippen molar-refractivity contribution in [3.63, 3.8) is 0 Å². The van der Waals surface area contributed by atoms with Crippen LogP contribution in [0.25, 0.3) is 16.6 Å². The van der Waals surface area contributed by atoms with Crippen LogP contribution >= 0.6 is 0 Å². The van der Waals surface area contributed by atoms with E-state index < -0.39 is 0 Å². The number of hydrogen-bond donors (Lipinski definition) is 1. The average Bonchev–Trinajstić information content (AvgIpc) is 3.32. The number of tetrazole rings is 1. The molecule has 4 aromatic rings. The third-order valence-electron chi connectivity index (χ3n) is 4.18. The number of carbonyl (C=O) groups excluding carboxylic acids is 1. The molecular weight excluding hydrogens is 332 g/mol. The van der Waals surface area contributed by atoms with Gasteiger partial charge in [-0.3, -0.25) is 4.79 Å². The first-order chi connectivity index (χ1) is 12.7. The van der Waals surface area contributed by atoms with Crippen molar-refractivity contribution in [3.8, 4) is 11.4 Å². The van der Waals surface area contributed by atoms with Crippen molar-refractivity contribution in [2.24, 2.45) is 7.05 Å². The van der Waals surface area contributed by atoms with Gasteiger partial charge in [0.15, 0.2) is 0 Å². The van der Waals surface area contributed by atoms with Crippen molar-refractivity contribution in [1.82, 2.24) is 24.8 Å². The van der Waals surface area contributed by atoms with Crippen LogP contribution < -0.4 is 10.1 Å². The van der Waals surface area contributed by atoms with Gasteiger partial charge in [-0.2, -0.15) is 4.68 Å².